The number of benzene rings is 1. The predicted octanol–water partition coefficient (Wildman–Crippen LogP) is 3.88. The van der Waals surface area contributed by atoms with E-state index >= 15 is 0 Å². The number of alkyl halides is 2. The number of halogens is 2. The molecule has 2 bridgehead atoms. The molecule has 1 N–H and O–H groups in total. The molecule has 1 fully saturated rings. The fourth-order valence-electron chi connectivity index (χ4n) is 5.86. The Kier molecular flexibility index (Phi) is 5.21. The van der Waals surface area contributed by atoms with Crippen molar-refractivity contribution in [3.8, 4) is 17.1 Å². The number of fused-ring (bicyclic) bond motifs is 9. The van der Waals surface area contributed by atoms with Gasteiger partial charge in [0.1, 0.15) is 11.9 Å². The topological polar surface area (TPSA) is 102 Å². The van der Waals surface area contributed by atoms with Crippen LogP contribution in [0.2, 0.25) is 0 Å². The normalized spacial score (nSPS) is 22.7. The second-order valence-corrected chi connectivity index (χ2v) is 9.84. The number of hydrogen-bond donors (Lipinski definition) is 1. The van der Waals surface area contributed by atoms with Gasteiger partial charge in [-0.25, -0.2) is 14.5 Å². The summed E-state index contributed by atoms with van der Waals surface area (Å²) >= 11 is 0. The van der Waals surface area contributed by atoms with E-state index in [-0.39, 0.29) is 29.7 Å². The summed E-state index contributed by atoms with van der Waals surface area (Å²) in [4.78, 5) is 23.8. The third-order valence-corrected chi connectivity index (χ3v) is 7.83. The second-order valence-electron chi connectivity index (χ2n) is 9.84. The van der Waals surface area contributed by atoms with Crippen LogP contribution in [-0.2, 0) is 4.74 Å². The molecule has 1 amide bonds. The number of aromatic nitrogens is 4. The van der Waals surface area contributed by atoms with E-state index in [0.29, 0.717) is 35.5 Å². The van der Waals surface area contributed by atoms with Gasteiger partial charge in [-0.1, -0.05) is 6.07 Å². The summed E-state index contributed by atoms with van der Waals surface area (Å²) in [5, 5.41) is 15.2. The number of ether oxygens (including phenoxy) is 2. The molecular weight excluding hydrogens is 496 g/mol. The Morgan fingerprint density at radius 1 is 1.18 bits per heavy atom. The fourth-order valence-corrected chi connectivity index (χ4v) is 5.86. The third kappa shape index (κ3) is 3.42. The van der Waals surface area contributed by atoms with Gasteiger partial charge in [0.05, 0.1) is 23.4 Å². The predicted molar refractivity (Wildman–Crippen MR) is 130 cm³/mol. The quantitative estimate of drug-likeness (QED) is 0.427. The van der Waals surface area contributed by atoms with Gasteiger partial charge in [-0.15, -0.1) is 0 Å². The molecule has 7 rings (SSSR count). The highest BCUT2D eigenvalue weighted by molar-refractivity contribution is 5.98. The average molecular weight is 520 g/mol. The Balaban J connectivity index is 1.33. The van der Waals surface area contributed by atoms with Crippen LogP contribution < -0.4 is 4.74 Å². The van der Waals surface area contributed by atoms with E-state index in [1.165, 1.54) is 6.07 Å². The summed E-state index contributed by atoms with van der Waals surface area (Å²) in [6.45, 7) is -2.37. The molecule has 9 nitrogen and oxygen atoms in total. The standard InChI is InChI=1S/C27H23F2N5O4/c1-33-18-10-16(21-15(26(33)36)3-2-4-19(21)38-27(28)29)22-17-9-13(5-7-34(17)32-23(18)22)25-30-11-14(12-31-25)24(35)20-6-8-37-20/h2-5,7,9,11-12,16,18,20,24,27,35H,6,8,10H2,1H3/t16-,18-,20-,24+/m1/s1. The lowest BCUT2D eigenvalue weighted by Gasteiger charge is -2.30. The molecule has 194 valence electrons. The Labute approximate surface area is 215 Å². The highest BCUT2D eigenvalue weighted by Gasteiger charge is 2.46. The largest absolute Gasteiger partial charge is 0.434 e. The highest BCUT2D eigenvalue weighted by atomic mass is 19.3. The molecular formula is C27H23F2N5O4. The van der Waals surface area contributed by atoms with Gasteiger partial charge in [0.2, 0.25) is 0 Å². The first kappa shape index (κ1) is 23.2. The Bertz CT molecular complexity index is 1570. The van der Waals surface area contributed by atoms with Crippen LogP contribution in [0.4, 0.5) is 8.78 Å². The first-order valence-corrected chi connectivity index (χ1v) is 12.4. The molecule has 3 aliphatic rings. The van der Waals surface area contributed by atoms with Gasteiger partial charge in [0.15, 0.2) is 5.82 Å². The van der Waals surface area contributed by atoms with Crippen molar-refractivity contribution < 1.29 is 28.2 Å². The van der Waals surface area contributed by atoms with Crippen molar-refractivity contribution in [1.29, 1.82) is 0 Å². The molecule has 1 aromatic carbocycles. The highest BCUT2D eigenvalue weighted by Crippen LogP contribution is 2.53. The first-order chi connectivity index (χ1) is 18.4. The molecule has 1 saturated heterocycles. The molecule has 4 aromatic rings. The molecule has 11 heteroatoms. The minimum Gasteiger partial charge on any atom is -0.434 e. The van der Waals surface area contributed by atoms with Crippen LogP contribution >= 0.6 is 0 Å². The molecule has 0 unspecified atom stereocenters. The number of carbonyl (C=O) groups excluding carboxylic acids is 1. The maximum atomic E-state index is 13.3. The van der Waals surface area contributed by atoms with Crippen LogP contribution in [0.5, 0.6) is 5.75 Å². The fraction of sp³-hybridized carbons (Fsp3) is 0.333. The molecule has 4 atom stereocenters. The number of nitrogens with zero attached hydrogens (tertiary/aromatic N) is 5. The van der Waals surface area contributed by atoms with Crippen molar-refractivity contribution >= 4 is 11.4 Å². The second kappa shape index (κ2) is 8.53. The Hall–Kier alpha value is -3.96. The Morgan fingerprint density at radius 3 is 2.68 bits per heavy atom. The van der Waals surface area contributed by atoms with Crippen LogP contribution in [0.15, 0.2) is 48.9 Å². The molecule has 3 aromatic heterocycles. The van der Waals surface area contributed by atoms with Crippen molar-refractivity contribution in [2.24, 2.45) is 0 Å². The van der Waals surface area contributed by atoms with Crippen LogP contribution in [0.25, 0.3) is 16.9 Å². The monoisotopic (exact) mass is 519 g/mol. The number of aliphatic hydroxyl groups is 1. The molecule has 0 saturated carbocycles. The summed E-state index contributed by atoms with van der Waals surface area (Å²) < 4.78 is 38.6. The zero-order valence-electron chi connectivity index (χ0n) is 20.3. The van der Waals surface area contributed by atoms with Gasteiger partial charge in [-0.05, 0) is 37.1 Å². The van der Waals surface area contributed by atoms with Crippen LogP contribution in [0.1, 0.15) is 63.6 Å². The van der Waals surface area contributed by atoms with Crippen molar-refractivity contribution in [2.75, 3.05) is 13.7 Å². The first-order valence-electron chi connectivity index (χ1n) is 12.4. The van der Waals surface area contributed by atoms with Crippen LogP contribution in [0.3, 0.4) is 0 Å². The van der Waals surface area contributed by atoms with Crippen LogP contribution in [-0.4, -0.2) is 61.9 Å². The number of aliphatic hydroxyl groups excluding tert-OH is 1. The van der Waals surface area contributed by atoms with E-state index in [1.807, 2.05) is 12.1 Å². The minimum absolute atomic E-state index is 0.00109. The lowest BCUT2D eigenvalue weighted by atomic mass is 9.88. The summed E-state index contributed by atoms with van der Waals surface area (Å²) in [5.41, 5.74) is 4.53. The molecule has 2 aliphatic heterocycles. The Morgan fingerprint density at radius 2 is 1.97 bits per heavy atom. The number of carbonyl (C=O) groups is 1. The van der Waals surface area contributed by atoms with E-state index in [9.17, 15) is 18.7 Å². The molecule has 0 spiro atoms. The molecule has 1 aliphatic carbocycles. The maximum absolute atomic E-state index is 13.3. The van der Waals surface area contributed by atoms with E-state index in [4.69, 9.17) is 14.6 Å². The van der Waals surface area contributed by atoms with Gasteiger partial charge in [-0.2, -0.15) is 13.9 Å². The van der Waals surface area contributed by atoms with Gasteiger partial charge in [0.25, 0.3) is 5.91 Å². The van der Waals surface area contributed by atoms with E-state index < -0.39 is 12.7 Å². The third-order valence-electron chi connectivity index (χ3n) is 7.83. The van der Waals surface area contributed by atoms with Crippen molar-refractivity contribution in [2.45, 2.75) is 43.6 Å². The zero-order valence-corrected chi connectivity index (χ0v) is 20.3. The van der Waals surface area contributed by atoms with Crippen LogP contribution in [0, 0.1) is 0 Å². The minimum atomic E-state index is -3.01. The molecule has 0 radical (unpaired) electrons. The van der Waals surface area contributed by atoms with Gasteiger partial charge in [0, 0.05) is 66.0 Å². The van der Waals surface area contributed by atoms with Gasteiger partial charge < -0.3 is 19.5 Å². The van der Waals surface area contributed by atoms with Gasteiger partial charge >= 0.3 is 6.61 Å². The van der Waals surface area contributed by atoms with Crippen molar-refractivity contribution in [3.63, 3.8) is 0 Å². The number of amides is 1. The zero-order chi connectivity index (χ0) is 26.1. The van der Waals surface area contributed by atoms with Gasteiger partial charge in [-0.3, -0.25) is 4.79 Å². The SMILES string of the molecule is CN1C(=O)c2cccc(OC(F)F)c2[C@H]2C[C@@H]1c1nn3ccc(-c4ncc([C@H](O)[C@H]5CCO5)cn4)cc3c12. The molecule has 38 heavy (non-hydrogen) atoms. The van der Waals surface area contributed by atoms with E-state index in [1.54, 1.807) is 47.2 Å². The summed E-state index contributed by atoms with van der Waals surface area (Å²) in [6, 6.07) is 8.15. The van der Waals surface area contributed by atoms with Crippen molar-refractivity contribution in [1.82, 2.24) is 24.5 Å². The number of pyridine rings is 1. The molecule has 5 heterocycles. The van der Waals surface area contributed by atoms with E-state index in [0.717, 1.165) is 28.8 Å². The smallest absolute Gasteiger partial charge is 0.387 e. The number of hydrogen-bond acceptors (Lipinski definition) is 7. The maximum Gasteiger partial charge on any atom is 0.387 e. The summed E-state index contributed by atoms with van der Waals surface area (Å²) in [5.74, 6) is -0.136. The van der Waals surface area contributed by atoms with Crippen molar-refractivity contribution in [3.05, 3.63) is 76.9 Å². The lowest BCUT2D eigenvalue weighted by Crippen LogP contribution is -2.33. The summed E-state index contributed by atoms with van der Waals surface area (Å²) in [6.07, 6.45) is 5.30. The summed E-state index contributed by atoms with van der Waals surface area (Å²) in [7, 11) is 1.71. The lowest BCUT2D eigenvalue weighted by molar-refractivity contribution is -0.118. The average Bonchev–Trinajstić information content (AvgIpc) is 3.40. The van der Waals surface area contributed by atoms with E-state index in [2.05, 4.69) is 9.97 Å². The number of rotatable bonds is 5.